The molecule has 0 aromatic rings. The van der Waals surface area contributed by atoms with Crippen LogP contribution in [0.15, 0.2) is 0 Å². The molecule has 0 unspecified atom stereocenters. The van der Waals surface area contributed by atoms with E-state index in [1.54, 1.807) is 0 Å². The Hall–Kier alpha value is -1.06. The molecule has 0 aromatic heterocycles. The van der Waals surface area contributed by atoms with Gasteiger partial charge in [-0.2, -0.15) is 0 Å². The minimum absolute atomic E-state index is 0.0197. The van der Waals surface area contributed by atoms with Crippen molar-refractivity contribution < 1.29 is 14.3 Å². The van der Waals surface area contributed by atoms with Gasteiger partial charge in [0.15, 0.2) is 0 Å². The van der Waals surface area contributed by atoms with E-state index >= 15 is 0 Å². The fraction of sp³-hybridized carbons (Fsp3) is 0.846. The van der Waals surface area contributed by atoms with Crippen LogP contribution in [0.1, 0.15) is 33.1 Å². The van der Waals surface area contributed by atoms with E-state index in [4.69, 9.17) is 4.74 Å². The van der Waals surface area contributed by atoms with Gasteiger partial charge in [0.1, 0.15) is 5.92 Å². The van der Waals surface area contributed by atoms with Crippen LogP contribution in [0, 0.1) is 17.8 Å². The van der Waals surface area contributed by atoms with Crippen LogP contribution in [0.4, 0.5) is 0 Å². The van der Waals surface area contributed by atoms with Crippen LogP contribution in [-0.4, -0.2) is 36.5 Å². The number of rotatable bonds is 1. The zero-order valence-corrected chi connectivity index (χ0v) is 10.6. The topological polar surface area (TPSA) is 46.6 Å². The molecular weight excluding hydrogens is 218 g/mol. The quantitative estimate of drug-likeness (QED) is 0.514. The molecule has 0 aromatic carbocycles. The fourth-order valence-corrected chi connectivity index (χ4v) is 2.70. The summed E-state index contributed by atoms with van der Waals surface area (Å²) in [7, 11) is 0. The third-order valence-electron chi connectivity index (χ3n) is 4.18. The molecule has 2 saturated heterocycles. The van der Waals surface area contributed by atoms with Gasteiger partial charge < -0.3 is 9.64 Å². The summed E-state index contributed by atoms with van der Waals surface area (Å²) in [6, 6.07) is 0. The Kier molecular flexibility index (Phi) is 3.69. The molecule has 0 saturated carbocycles. The van der Waals surface area contributed by atoms with Gasteiger partial charge in [0.2, 0.25) is 5.91 Å². The van der Waals surface area contributed by atoms with Crippen molar-refractivity contribution in [3.05, 3.63) is 0 Å². The normalized spacial score (nSPS) is 34.4. The maximum Gasteiger partial charge on any atom is 0.318 e. The molecule has 4 heteroatoms. The molecule has 2 fully saturated rings. The molecule has 0 aliphatic carbocycles. The van der Waals surface area contributed by atoms with Gasteiger partial charge in [-0.05, 0) is 31.1 Å². The van der Waals surface area contributed by atoms with Gasteiger partial charge in [-0.25, -0.2) is 0 Å². The summed E-state index contributed by atoms with van der Waals surface area (Å²) < 4.78 is 5.15. The van der Waals surface area contributed by atoms with Gasteiger partial charge in [0.25, 0.3) is 0 Å². The predicted octanol–water partition coefficient (Wildman–Crippen LogP) is 1.44. The van der Waals surface area contributed by atoms with Crippen molar-refractivity contribution in [1.29, 1.82) is 0 Å². The van der Waals surface area contributed by atoms with Crippen molar-refractivity contribution in [2.24, 2.45) is 17.8 Å². The molecule has 4 nitrogen and oxygen atoms in total. The van der Waals surface area contributed by atoms with Crippen molar-refractivity contribution in [3.8, 4) is 0 Å². The third kappa shape index (κ3) is 2.45. The molecule has 3 atom stereocenters. The number of hydrogen-bond donors (Lipinski definition) is 0. The highest BCUT2D eigenvalue weighted by molar-refractivity contribution is 5.98. The van der Waals surface area contributed by atoms with Crippen LogP contribution in [0.2, 0.25) is 0 Å². The van der Waals surface area contributed by atoms with Crippen LogP contribution in [-0.2, 0) is 14.3 Å². The van der Waals surface area contributed by atoms with Gasteiger partial charge >= 0.3 is 5.97 Å². The second-order valence-electron chi connectivity index (χ2n) is 5.30. The molecule has 0 spiro atoms. The maximum atomic E-state index is 12.3. The lowest BCUT2D eigenvalue weighted by molar-refractivity contribution is -0.156. The molecule has 17 heavy (non-hydrogen) atoms. The smallest absolute Gasteiger partial charge is 0.318 e. The first-order chi connectivity index (χ1) is 8.11. The predicted molar refractivity (Wildman–Crippen MR) is 63.2 cm³/mol. The van der Waals surface area contributed by atoms with Crippen molar-refractivity contribution >= 4 is 11.9 Å². The third-order valence-corrected chi connectivity index (χ3v) is 4.18. The number of nitrogens with zero attached hydrogens (tertiary/aromatic N) is 1. The average molecular weight is 239 g/mol. The van der Waals surface area contributed by atoms with E-state index in [0.29, 0.717) is 12.5 Å². The first kappa shape index (κ1) is 12.4. The van der Waals surface area contributed by atoms with Crippen molar-refractivity contribution in [1.82, 2.24) is 4.90 Å². The van der Waals surface area contributed by atoms with Crippen molar-refractivity contribution in [2.45, 2.75) is 33.1 Å². The fourth-order valence-electron chi connectivity index (χ4n) is 2.70. The minimum Gasteiger partial charge on any atom is -0.465 e. The summed E-state index contributed by atoms with van der Waals surface area (Å²) >= 11 is 0. The molecule has 1 amide bonds. The molecule has 2 rings (SSSR count). The molecule has 2 aliphatic rings. The number of hydrogen-bond acceptors (Lipinski definition) is 3. The number of carbonyl (C=O) groups is 2. The van der Waals surface area contributed by atoms with Gasteiger partial charge in [-0.1, -0.05) is 13.8 Å². The zero-order valence-electron chi connectivity index (χ0n) is 10.6. The number of carbonyl (C=O) groups excluding carboxylic acids is 2. The summed E-state index contributed by atoms with van der Waals surface area (Å²) in [6.07, 6.45) is 2.96. The highest BCUT2D eigenvalue weighted by Gasteiger charge is 2.41. The van der Waals surface area contributed by atoms with E-state index < -0.39 is 5.92 Å². The van der Waals surface area contributed by atoms with E-state index in [2.05, 4.69) is 6.92 Å². The number of likely N-dealkylation sites (tertiary alicyclic amines) is 1. The molecular formula is C13H21NO3. The molecule has 2 aliphatic heterocycles. The monoisotopic (exact) mass is 239 g/mol. The maximum absolute atomic E-state index is 12.3. The second kappa shape index (κ2) is 5.07. The highest BCUT2D eigenvalue weighted by Crippen LogP contribution is 2.30. The number of esters is 1. The van der Waals surface area contributed by atoms with Crippen LogP contribution < -0.4 is 0 Å². The Labute approximate surface area is 102 Å². The lowest BCUT2D eigenvalue weighted by Gasteiger charge is -2.26. The average Bonchev–Trinajstić information content (AvgIpc) is 2.78. The molecule has 0 N–H and O–H groups in total. The zero-order chi connectivity index (χ0) is 12.4. The molecule has 96 valence electrons. The molecule has 0 bridgehead atoms. The van der Waals surface area contributed by atoms with Gasteiger partial charge in [0, 0.05) is 13.1 Å². The highest BCUT2D eigenvalue weighted by atomic mass is 16.5. The summed E-state index contributed by atoms with van der Waals surface area (Å²) in [4.78, 5) is 26.1. The number of amides is 1. The summed E-state index contributed by atoms with van der Waals surface area (Å²) in [5.41, 5.74) is 0. The van der Waals surface area contributed by atoms with Crippen molar-refractivity contribution in [3.63, 3.8) is 0 Å². The van der Waals surface area contributed by atoms with Crippen LogP contribution in [0.5, 0.6) is 0 Å². The van der Waals surface area contributed by atoms with Crippen LogP contribution >= 0.6 is 0 Å². The molecule has 0 radical (unpaired) electrons. The first-order valence-electron chi connectivity index (χ1n) is 6.56. The summed E-state index contributed by atoms with van der Waals surface area (Å²) in [5, 5.41) is 0. The Balaban J connectivity index is 2.14. The SMILES string of the molecule is C[C@H]1[C@@H](C(=O)N2CCCC2)C(=O)OCC[C@H]1C. The van der Waals surface area contributed by atoms with Gasteiger partial charge in [-0.3, -0.25) is 9.59 Å². The molecule has 2 heterocycles. The number of cyclic esters (lactones) is 1. The van der Waals surface area contributed by atoms with E-state index in [1.807, 2.05) is 11.8 Å². The second-order valence-corrected chi connectivity index (χ2v) is 5.30. The van der Waals surface area contributed by atoms with Crippen LogP contribution in [0.25, 0.3) is 0 Å². The Morgan fingerprint density at radius 3 is 2.59 bits per heavy atom. The lowest BCUT2D eigenvalue weighted by Crippen LogP contribution is -2.41. The van der Waals surface area contributed by atoms with E-state index in [9.17, 15) is 9.59 Å². The Bertz CT molecular complexity index is 310. The van der Waals surface area contributed by atoms with E-state index in [-0.39, 0.29) is 17.8 Å². The van der Waals surface area contributed by atoms with Crippen LogP contribution in [0.3, 0.4) is 0 Å². The lowest BCUT2D eigenvalue weighted by atomic mass is 9.82. The first-order valence-corrected chi connectivity index (χ1v) is 6.56. The van der Waals surface area contributed by atoms with Crippen molar-refractivity contribution in [2.75, 3.05) is 19.7 Å². The summed E-state index contributed by atoms with van der Waals surface area (Å²) in [5.74, 6) is -0.478. The van der Waals surface area contributed by atoms with Gasteiger partial charge in [0.05, 0.1) is 6.61 Å². The van der Waals surface area contributed by atoms with E-state index in [1.165, 1.54) is 0 Å². The summed E-state index contributed by atoms with van der Waals surface area (Å²) in [6.45, 7) is 6.13. The van der Waals surface area contributed by atoms with Gasteiger partial charge in [-0.15, -0.1) is 0 Å². The van der Waals surface area contributed by atoms with E-state index in [0.717, 1.165) is 32.4 Å². The standard InChI is InChI=1S/C13H21NO3/c1-9-5-8-17-13(16)11(10(9)2)12(15)14-6-3-4-7-14/h9-11H,3-8H2,1-2H3/t9-,10-,11+/m1/s1. The number of ether oxygens (including phenoxy) is 1. The largest absolute Gasteiger partial charge is 0.465 e. The Morgan fingerprint density at radius 2 is 1.94 bits per heavy atom. The minimum atomic E-state index is -0.578. The Morgan fingerprint density at radius 1 is 1.29 bits per heavy atom.